The van der Waals surface area contributed by atoms with Gasteiger partial charge in [0, 0.05) is 6.61 Å². The lowest BCUT2D eigenvalue weighted by molar-refractivity contribution is -0.123. The largest absolute Gasteiger partial charge is 0.393 e. The predicted octanol–water partition coefficient (Wildman–Crippen LogP) is 1.04. The van der Waals surface area contributed by atoms with E-state index >= 15 is 0 Å². The van der Waals surface area contributed by atoms with Crippen LogP contribution in [0.1, 0.15) is 12.0 Å². The van der Waals surface area contributed by atoms with E-state index in [9.17, 15) is 4.79 Å². The third-order valence-corrected chi connectivity index (χ3v) is 3.50. The van der Waals surface area contributed by atoms with Crippen molar-refractivity contribution in [3.63, 3.8) is 0 Å². The van der Waals surface area contributed by atoms with E-state index in [0.29, 0.717) is 19.6 Å². The fourth-order valence-corrected chi connectivity index (χ4v) is 2.31. The Morgan fingerprint density at radius 3 is 2.79 bits per heavy atom. The summed E-state index contributed by atoms with van der Waals surface area (Å²) in [6, 6.07) is 9.84. The van der Waals surface area contributed by atoms with Crippen molar-refractivity contribution in [2.45, 2.75) is 18.9 Å². The second-order valence-corrected chi connectivity index (χ2v) is 5.19. The SMILES string of the molecule is NC(=S)C(Cc1ccccc1)C(=O)NC1CCOC1. The van der Waals surface area contributed by atoms with E-state index in [4.69, 9.17) is 22.7 Å². The first-order valence-electron chi connectivity index (χ1n) is 6.38. The van der Waals surface area contributed by atoms with Gasteiger partial charge >= 0.3 is 0 Å². The van der Waals surface area contributed by atoms with Gasteiger partial charge in [-0.3, -0.25) is 4.79 Å². The number of amides is 1. The summed E-state index contributed by atoms with van der Waals surface area (Å²) in [4.78, 5) is 12.4. The minimum atomic E-state index is -0.460. The van der Waals surface area contributed by atoms with Gasteiger partial charge < -0.3 is 15.8 Å². The standard InChI is InChI=1S/C14H18N2O2S/c15-13(19)12(8-10-4-2-1-3-5-10)14(17)16-11-6-7-18-9-11/h1-5,11-12H,6-9H2,(H2,15,19)(H,16,17). The quantitative estimate of drug-likeness (QED) is 0.790. The van der Waals surface area contributed by atoms with Crippen LogP contribution in [0.25, 0.3) is 0 Å². The van der Waals surface area contributed by atoms with Crippen LogP contribution in [-0.4, -0.2) is 30.2 Å². The molecule has 0 saturated carbocycles. The highest BCUT2D eigenvalue weighted by Gasteiger charge is 2.25. The Hall–Kier alpha value is -1.46. The van der Waals surface area contributed by atoms with Crippen LogP contribution < -0.4 is 11.1 Å². The first-order chi connectivity index (χ1) is 9.16. The molecule has 19 heavy (non-hydrogen) atoms. The second kappa shape index (κ2) is 6.63. The first-order valence-corrected chi connectivity index (χ1v) is 6.79. The van der Waals surface area contributed by atoms with Crippen molar-refractivity contribution >= 4 is 23.1 Å². The lowest BCUT2D eigenvalue weighted by Gasteiger charge is -2.18. The first kappa shape index (κ1) is 14.0. The predicted molar refractivity (Wildman–Crippen MR) is 77.8 cm³/mol. The third kappa shape index (κ3) is 4.01. The molecule has 1 aliphatic heterocycles. The van der Waals surface area contributed by atoms with E-state index in [1.807, 2.05) is 30.3 Å². The van der Waals surface area contributed by atoms with Crippen molar-refractivity contribution in [2.75, 3.05) is 13.2 Å². The molecule has 2 atom stereocenters. The molecule has 1 amide bonds. The molecule has 1 aromatic carbocycles. The number of rotatable bonds is 5. The minimum Gasteiger partial charge on any atom is -0.393 e. The molecule has 1 aromatic rings. The van der Waals surface area contributed by atoms with Gasteiger partial charge in [-0.25, -0.2) is 0 Å². The van der Waals surface area contributed by atoms with E-state index < -0.39 is 5.92 Å². The summed E-state index contributed by atoms with van der Waals surface area (Å²) in [5, 5.41) is 2.95. The van der Waals surface area contributed by atoms with Gasteiger partial charge in [0.05, 0.1) is 23.6 Å². The molecule has 1 saturated heterocycles. The molecule has 0 radical (unpaired) electrons. The van der Waals surface area contributed by atoms with Gasteiger partial charge in [-0.05, 0) is 18.4 Å². The van der Waals surface area contributed by atoms with Gasteiger partial charge in [-0.15, -0.1) is 0 Å². The van der Waals surface area contributed by atoms with Gasteiger partial charge in [0.2, 0.25) is 5.91 Å². The minimum absolute atomic E-state index is 0.0834. The Balaban J connectivity index is 1.98. The summed E-state index contributed by atoms with van der Waals surface area (Å²) < 4.78 is 5.24. The molecule has 2 rings (SSSR count). The highest BCUT2D eigenvalue weighted by molar-refractivity contribution is 7.80. The number of nitrogens with one attached hydrogen (secondary N) is 1. The number of hydrogen-bond donors (Lipinski definition) is 2. The van der Waals surface area contributed by atoms with Crippen LogP contribution in [0, 0.1) is 5.92 Å². The van der Waals surface area contributed by atoms with Crippen molar-refractivity contribution < 1.29 is 9.53 Å². The summed E-state index contributed by atoms with van der Waals surface area (Å²) in [5.41, 5.74) is 6.75. The lowest BCUT2D eigenvalue weighted by atomic mass is 9.98. The average molecular weight is 278 g/mol. The zero-order valence-corrected chi connectivity index (χ0v) is 11.5. The Bertz CT molecular complexity index is 444. The monoisotopic (exact) mass is 278 g/mol. The maximum absolute atomic E-state index is 12.2. The lowest BCUT2D eigenvalue weighted by Crippen LogP contribution is -2.44. The van der Waals surface area contributed by atoms with E-state index in [-0.39, 0.29) is 16.9 Å². The number of hydrogen-bond acceptors (Lipinski definition) is 3. The normalized spacial score (nSPS) is 19.9. The number of carbonyl (C=O) groups is 1. The summed E-state index contributed by atoms with van der Waals surface area (Å²) >= 11 is 5.02. The maximum atomic E-state index is 12.2. The molecule has 3 N–H and O–H groups in total. The van der Waals surface area contributed by atoms with E-state index in [1.165, 1.54) is 0 Å². The molecule has 5 heteroatoms. The van der Waals surface area contributed by atoms with Gasteiger partial charge in [-0.2, -0.15) is 0 Å². The van der Waals surface area contributed by atoms with Crippen molar-refractivity contribution in [3.8, 4) is 0 Å². The molecular weight excluding hydrogens is 260 g/mol. The van der Waals surface area contributed by atoms with Crippen LogP contribution in [0.4, 0.5) is 0 Å². The highest BCUT2D eigenvalue weighted by Crippen LogP contribution is 2.11. The number of thiocarbonyl (C=S) groups is 1. The number of benzene rings is 1. The summed E-state index contributed by atoms with van der Waals surface area (Å²) in [6.07, 6.45) is 1.39. The van der Waals surface area contributed by atoms with E-state index in [1.54, 1.807) is 0 Å². The van der Waals surface area contributed by atoms with Gasteiger partial charge in [0.15, 0.2) is 0 Å². The van der Waals surface area contributed by atoms with Crippen LogP contribution in [0.5, 0.6) is 0 Å². The average Bonchev–Trinajstić information content (AvgIpc) is 2.89. The molecule has 1 fully saturated rings. The Labute approximate surface area is 118 Å². The summed E-state index contributed by atoms with van der Waals surface area (Å²) in [7, 11) is 0. The van der Waals surface area contributed by atoms with Crippen molar-refractivity contribution in [2.24, 2.45) is 11.7 Å². The molecule has 4 nitrogen and oxygen atoms in total. The van der Waals surface area contributed by atoms with Crippen LogP contribution in [0.3, 0.4) is 0 Å². The molecular formula is C14H18N2O2S. The molecule has 0 bridgehead atoms. The molecule has 0 aliphatic carbocycles. The molecule has 1 heterocycles. The molecule has 2 unspecified atom stereocenters. The van der Waals surface area contributed by atoms with Crippen LogP contribution in [0.2, 0.25) is 0 Å². The fourth-order valence-electron chi connectivity index (χ4n) is 2.12. The van der Waals surface area contributed by atoms with Gasteiger partial charge in [0.1, 0.15) is 0 Å². The molecule has 0 spiro atoms. The molecule has 102 valence electrons. The smallest absolute Gasteiger partial charge is 0.230 e. The summed E-state index contributed by atoms with van der Waals surface area (Å²) in [5.74, 6) is -0.565. The fraction of sp³-hybridized carbons (Fsp3) is 0.429. The Morgan fingerprint density at radius 1 is 1.47 bits per heavy atom. The van der Waals surface area contributed by atoms with Crippen molar-refractivity contribution in [3.05, 3.63) is 35.9 Å². The zero-order valence-electron chi connectivity index (χ0n) is 10.7. The number of nitrogens with two attached hydrogens (primary N) is 1. The topological polar surface area (TPSA) is 64.4 Å². The number of ether oxygens (including phenoxy) is 1. The maximum Gasteiger partial charge on any atom is 0.230 e. The number of carbonyl (C=O) groups excluding carboxylic acids is 1. The zero-order chi connectivity index (χ0) is 13.7. The van der Waals surface area contributed by atoms with Crippen LogP contribution in [-0.2, 0) is 16.0 Å². The Morgan fingerprint density at radius 2 is 2.21 bits per heavy atom. The highest BCUT2D eigenvalue weighted by atomic mass is 32.1. The van der Waals surface area contributed by atoms with Gasteiger partial charge in [-0.1, -0.05) is 42.5 Å². The van der Waals surface area contributed by atoms with E-state index in [2.05, 4.69) is 5.32 Å². The van der Waals surface area contributed by atoms with Gasteiger partial charge in [0.25, 0.3) is 0 Å². The van der Waals surface area contributed by atoms with Crippen molar-refractivity contribution in [1.29, 1.82) is 0 Å². The third-order valence-electron chi connectivity index (χ3n) is 3.22. The molecule has 1 aliphatic rings. The second-order valence-electron chi connectivity index (χ2n) is 4.71. The van der Waals surface area contributed by atoms with Crippen LogP contribution in [0.15, 0.2) is 30.3 Å². The molecule has 0 aromatic heterocycles. The summed E-state index contributed by atoms with van der Waals surface area (Å²) in [6.45, 7) is 1.27. The van der Waals surface area contributed by atoms with Crippen LogP contribution >= 0.6 is 12.2 Å². The Kier molecular flexibility index (Phi) is 4.87. The van der Waals surface area contributed by atoms with E-state index in [0.717, 1.165) is 12.0 Å². The van der Waals surface area contributed by atoms with Crippen molar-refractivity contribution in [1.82, 2.24) is 5.32 Å².